The van der Waals surface area contributed by atoms with Gasteiger partial charge in [0.2, 0.25) is 11.8 Å². The van der Waals surface area contributed by atoms with Gasteiger partial charge in [-0.15, -0.1) is 0 Å². The number of nitrogens with one attached hydrogen (secondary N) is 1. The summed E-state index contributed by atoms with van der Waals surface area (Å²) >= 11 is 0. The van der Waals surface area contributed by atoms with Crippen molar-refractivity contribution < 1.29 is 45.7 Å². The van der Waals surface area contributed by atoms with Gasteiger partial charge in [-0.05, 0) is 62.9 Å². The number of aliphatic hydroxyl groups is 1. The van der Waals surface area contributed by atoms with Gasteiger partial charge in [-0.2, -0.15) is 18.3 Å². The van der Waals surface area contributed by atoms with E-state index in [9.17, 15) is 41.0 Å². The molecule has 3 unspecified atom stereocenters. The van der Waals surface area contributed by atoms with E-state index in [4.69, 9.17) is 0 Å². The number of aromatic nitrogens is 6. The van der Waals surface area contributed by atoms with Crippen molar-refractivity contribution in [1.82, 2.24) is 40.1 Å². The first-order valence-electron chi connectivity index (χ1n) is 15.0. The zero-order valence-electron chi connectivity index (χ0n) is 24.7. The standard InChI is InChI=1S/C27H31F3N8O4.CHF3/c1-14-20(36-42-35-14)22(40)34-21(15-2-5-27(29,30)6-3-15)18-10-38-24(33-18)32-17(9-31-38)19-8-16(39)4-7-37(19)23(41)25-11-26(28,12-25)13-25;2-1(3)4/h9-10,15-16,19,21,39H,2-8,11-13H2,1H3,(H,34,40);1H. The van der Waals surface area contributed by atoms with Gasteiger partial charge in [-0.1, -0.05) is 5.16 Å². The van der Waals surface area contributed by atoms with Gasteiger partial charge in [0.25, 0.3) is 11.7 Å². The van der Waals surface area contributed by atoms with E-state index in [1.54, 1.807) is 18.0 Å². The van der Waals surface area contributed by atoms with Crippen LogP contribution in [-0.4, -0.2) is 82.6 Å². The number of likely N-dealkylation sites (tertiary alicyclic amines) is 1. The van der Waals surface area contributed by atoms with Gasteiger partial charge in [0.15, 0.2) is 5.69 Å². The molecule has 4 saturated carbocycles. The van der Waals surface area contributed by atoms with Crippen LogP contribution in [0.5, 0.6) is 0 Å². The van der Waals surface area contributed by atoms with Crippen LogP contribution >= 0.6 is 0 Å². The Morgan fingerprint density at radius 1 is 1.07 bits per heavy atom. The summed E-state index contributed by atoms with van der Waals surface area (Å²) in [7, 11) is 0. The molecule has 1 saturated heterocycles. The van der Waals surface area contributed by atoms with Crippen LogP contribution in [0.3, 0.4) is 0 Å². The zero-order chi connectivity index (χ0) is 33.0. The molecule has 250 valence electrons. The number of halogens is 6. The highest BCUT2D eigenvalue weighted by Gasteiger charge is 2.73. The fourth-order valence-electron chi connectivity index (χ4n) is 7.26. The van der Waals surface area contributed by atoms with E-state index in [1.807, 2.05) is 0 Å². The molecule has 2 N–H and O–H groups in total. The minimum absolute atomic E-state index is 0.00792. The number of amides is 2. The molecule has 46 heavy (non-hydrogen) atoms. The van der Waals surface area contributed by atoms with Crippen molar-refractivity contribution in [2.24, 2.45) is 11.3 Å². The lowest BCUT2D eigenvalue weighted by Crippen LogP contribution is -2.70. The quantitative estimate of drug-likeness (QED) is 0.371. The Kier molecular flexibility index (Phi) is 8.21. The molecule has 2 amide bonds. The second-order valence-electron chi connectivity index (χ2n) is 12.8. The number of nitrogens with zero attached hydrogens (tertiary/aromatic N) is 7. The van der Waals surface area contributed by atoms with E-state index in [0.717, 1.165) is 0 Å². The Bertz CT molecular complexity index is 1580. The van der Waals surface area contributed by atoms with Crippen molar-refractivity contribution in [2.75, 3.05) is 6.54 Å². The summed E-state index contributed by atoms with van der Waals surface area (Å²) < 4.78 is 77.3. The summed E-state index contributed by atoms with van der Waals surface area (Å²) in [6.45, 7) is -1.77. The SMILES string of the molecule is Cc1nonc1C(=O)NC(c1cn2ncc(C3CC(O)CCN3C(=O)C34CC(F)(C3)C4)nc2n1)C1CCC(F)(F)CC1.FC(F)F. The molecule has 0 spiro atoms. The summed E-state index contributed by atoms with van der Waals surface area (Å²) in [5, 5.41) is 25.1. The van der Waals surface area contributed by atoms with Crippen molar-refractivity contribution in [3.8, 4) is 0 Å². The number of aryl methyl sites for hydroxylation is 1. The normalized spacial score (nSPS) is 29.4. The summed E-state index contributed by atoms with van der Waals surface area (Å²) in [4.78, 5) is 37.5. The summed E-state index contributed by atoms with van der Waals surface area (Å²) in [6, 6.07) is -1.29. The Hall–Kier alpha value is -3.83. The fraction of sp³-hybridized carbons (Fsp3) is 0.679. The third kappa shape index (κ3) is 6.14. The molecule has 5 aliphatic rings. The fourth-order valence-corrected chi connectivity index (χ4v) is 7.26. The van der Waals surface area contributed by atoms with Gasteiger partial charge in [0.05, 0.1) is 47.4 Å². The van der Waals surface area contributed by atoms with Crippen LogP contribution in [0.4, 0.5) is 26.3 Å². The van der Waals surface area contributed by atoms with Gasteiger partial charge in [-0.25, -0.2) is 32.3 Å². The van der Waals surface area contributed by atoms with Gasteiger partial charge >= 0.3 is 6.68 Å². The largest absolute Gasteiger partial charge is 0.393 e. The van der Waals surface area contributed by atoms with E-state index in [2.05, 4.69) is 35.3 Å². The van der Waals surface area contributed by atoms with Crippen LogP contribution in [0.1, 0.15) is 97.4 Å². The lowest BCUT2D eigenvalue weighted by Gasteiger charge is -2.65. The first-order chi connectivity index (χ1) is 21.7. The average Bonchev–Trinajstić information content (AvgIpc) is 3.58. The Morgan fingerprint density at radius 3 is 2.35 bits per heavy atom. The van der Waals surface area contributed by atoms with Crippen molar-refractivity contribution in [2.45, 2.75) is 101 Å². The molecule has 0 radical (unpaired) electrons. The van der Waals surface area contributed by atoms with Gasteiger partial charge in [0.1, 0.15) is 11.4 Å². The Morgan fingerprint density at radius 2 is 1.74 bits per heavy atom. The molecule has 8 rings (SSSR count). The molecule has 0 aromatic carbocycles. The van der Waals surface area contributed by atoms with E-state index in [-0.39, 0.29) is 74.7 Å². The predicted octanol–water partition coefficient (Wildman–Crippen LogP) is 4.21. The maximum Gasteiger partial charge on any atom is 0.379 e. The first kappa shape index (κ1) is 32.1. The molecule has 2 bridgehead atoms. The minimum Gasteiger partial charge on any atom is -0.393 e. The zero-order valence-corrected chi connectivity index (χ0v) is 24.7. The lowest BCUT2D eigenvalue weighted by atomic mass is 9.41. The number of imidazole rings is 1. The highest BCUT2D eigenvalue weighted by Crippen LogP contribution is 2.70. The third-order valence-corrected chi connectivity index (χ3v) is 9.53. The average molecular weight is 659 g/mol. The van der Waals surface area contributed by atoms with E-state index < -0.39 is 47.8 Å². The molecule has 18 heteroatoms. The maximum absolute atomic E-state index is 14.2. The van der Waals surface area contributed by atoms with Crippen molar-refractivity contribution in [3.05, 3.63) is 35.2 Å². The first-order valence-corrected chi connectivity index (χ1v) is 15.0. The monoisotopic (exact) mass is 658 g/mol. The predicted molar refractivity (Wildman–Crippen MR) is 144 cm³/mol. The number of aliphatic hydroxyl groups excluding tert-OH is 1. The molecule has 4 aliphatic carbocycles. The topological polar surface area (TPSA) is 152 Å². The van der Waals surface area contributed by atoms with Crippen LogP contribution in [0.15, 0.2) is 17.0 Å². The van der Waals surface area contributed by atoms with Crippen LogP contribution in [-0.2, 0) is 4.79 Å². The number of fused-ring (bicyclic) bond motifs is 1. The third-order valence-electron chi connectivity index (χ3n) is 9.53. The number of hydrogen-bond donors (Lipinski definition) is 2. The van der Waals surface area contributed by atoms with Crippen molar-refractivity contribution >= 4 is 17.6 Å². The second-order valence-corrected chi connectivity index (χ2v) is 12.8. The molecule has 3 atom stereocenters. The second kappa shape index (κ2) is 11.8. The van der Waals surface area contributed by atoms with Crippen LogP contribution in [0.2, 0.25) is 0 Å². The van der Waals surface area contributed by atoms with Gasteiger partial charge in [-0.3, -0.25) is 9.59 Å². The highest BCUT2D eigenvalue weighted by atomic mass is 19.4. The number of carbonyl (C=O) groups excluding carboxylic acids is 2. The Balaban J connectivity index is 0.000000879. The molecular formula is C28H32F6N8O4. The number of piperidine rings is 1. The minimum atomic E-state index is -3.67. The van der Waals surface area contributed by atoms with E-state index in [0.29, 0.717) is 30.0 Å². The molecule has 3 aromatic rings. The lowest BCUT2D eigenvalue weighted by molar-refractivity contribution is -0.225. The van der Waals surface area contributed by atoms with Crippen LogP contribution in [0.25, 0.3) is 5.78 Å². The highest BCUT2D eigenvalue weighted by molar-refractivity contribution is 5.93. The van der Waals surface area contributed by atoms with E-state index >= 15 is 0 Å². The van der Waals surface area contributed by atoms with Gasteiger partial charge in [0, 0.05) is 19.4 Å². The molecule has 5 fully saturated rings. The summed E-state index contributed by atoms with van der Waals surface area (Å²) in [5.41, 5.74) is -0.758. The molecule has 4 heterocycles. The van der Waals surface area contributed by atoms with Crippen LogP contribution in [0, 0.1) is 18.3 Å². The van der Waals surface area contributed by atoms with Crippen molar-refractivity contribution in [3.63, 3.8) is 0 Å². The number of alkyl halides is 6. The molecular weight excluding hydrogens is 626 g/mol. The van der Waals surface area contributed by atoms with Crippen molar-refractivity contribution in [1.29, 1.82) is 0 Å². The summed E-state index contributed by atoms with van der Waals surface area (Å²) in [6.07, 6.45) is 3.62. The maximum atomic E-state index is 14.2. The molecule has 1 aliphatic heterocycles. The van der Waals surface area contributed by atoms with Gasteiger partial charge < -0.3 is 15.3 Å². The van der Waals surface area contributed by atoms with Crippen LogP contribution < -0.4 is 5.32 Å². The number of carbonyl (C=O) groups is 2. The molecule has 3 aromatic heterocycles. The molecule has 12 nitrogen and oxygen atoms in total. The van der Waals surface area contributed by atoms with E-state index in [1.165, 1.54) is 10.7 Å². The number of hydrogen-bond acceptors (Lipinski definition) is 9. The number of rotatable bonds is 6. The smallest absolute Gasteiger partial charge is 0.379 e. The summed E-state index contributed by atoms with van der Waals surface area (Å²) in [5.74, 6) is -3.57. The Labute approximate surface area is 257 Å².